The molecule has 40 heavy (non-hydrogen) atoms. The third-order valence-corrected chi connectivity index (χ3v) is 10.9. The molecule has 218 valence electrons. The minimum atomic E-state index is -1.28. The predicted molar refractivity (Wildman–Crippen MR) is 159 cm³/mol. The van der Waals surface area contributed by atoms with Crippen molar-refractivity contribution < 1.29 is 20.1 Å². The van der Waals surface area contributed by atoms with E-state index in [4.69, 9.17) is 0 Å². The van der Waals surface area contributed by atoms with Gasteiger partial charge in [-0.3, -0.25) is 4.79 Å². The first kappa shape index (κ1) is 29.3. The van der Waals surface area contributed by atoms with E-state index in [0.29, 0.717) is 43.6 Å². The van der Waals surface area contributed by atoms with E-state index in [-0.39, 0.29) is 17.4 Å². The number of amides is 1. The van der Waals surface area contributed by atoms with Crippen molar-refractivity contribution in [3.8, 4) is 0 Å². The Hall–Kier alpha value is -2.21. The molecule has 8 atom stereocenters. The number of hydrogen-bond donors (Lipinski definition) is 3. The monoisotopic (exact) mass is 547 g/mol. The first-order valence-corrected chi connectivity index (χ1v) is 15.5. The quantitative estimate of drug-likeness (QED) is 0.406. The van der Waals surface area contributed by atoms with Crippen LogP contribution in [0.2, 0.25) is 0 Å². The molecule has 0 bridgehead atoms. The van der Waals surface area contributed by atoms with Gasteiger partial charge in [0, 0.05) is 25.4 Å². The van der Waals surface area contributed by atoms with Gasteiger partial charge in [0.1, 0.15) is 5.60 Å². The van der Waals surface area contributed by atoms with Gasteiger partial charge >= 0.3 is 0 Å². The van der Waals surface area contributed by atoms with Gasteiger partial charge in [-0.1, -0.05) is 68.5 Å². The molecule has 3 N–H and O–H groups in total. The topological polar surface area (TPSA) is 81.0 Å². The first-order chi connectivity index (χ1) is 19.0. The van der Waals surface area contributed by atoms with E-state index in [9.17, 15) is 20.1 Å². The molecule has 3 saturated carbocycles. The number of hydrogen-bond acceptors (Lipinski definition) is 4. The zero-order valence-corrected chi connectivity index (χ0v) is 24.7. The van der Waals surface area contributed by atoms with Crippen LogP contribution in [0, 0.1) is 23.2 Å². The second-order valence-electron chi connectivity index (χ2n) is 13.7. The maximum atomic E-state index is 13.2. The summed E-state index contributed by atoms with van der Waals surface area (Å²) in [6, 6.07) is 10.4. The Bertz CT molecular complexity index is 1150. The van der Waals surface area contributed by atoms with Crippen molar-refractivity contribution in [3.63, 3.8) is 0 Å². The number of benzene rings is 1. The van der Waals surface area contributed by atoms with Gasteiger partial charge in [0.15, 0.2) is 0 Å². The van der Waals surface area contributed by atoms with Crippen LogP contribution in [0.15, 0.2) is 65.8 Å². The largest absolute Gasteiger partial charge is 0.393 e. The maximum Gasteiger partial charge on any atom is 0.254 e. The van der Waals surface area contributed by atoms with Crippen LogP contribution < -0.4 is 0 Å². The lowest BCUT2D eigenvalue weighted by atomic mass is 9.60. The number of aliphatic hydroxyl groups excluding tert-OH is 2. The molecule has 5 nitrogen and oxygen atoms in total. The molecule has 1 saturated heterocycles. The fourth-order valence-corrected chi connectivity index (χ4v) is 8.79. The van der Waals surface area contributed by atoms with E-state index in [1.807, 2.05) is 23.1 Å². The Morgan fingerprint density at radius 3 is 2.65 bits per heavy atom. The van der Waals surface area contributed by atoms with Crippen molar-refractivity contribution in [1.29, 1.82) is 0 Å². The molecule has 1 amide bonds. The summed E-state index contributed by atoms with van der Waals surface area (Å²) in [5.74, 6) is 1.46. The highest BCUT2D eigenvalue weighted by Crippen LogP contribution is 2.60. The van der Waals surface area contributed by atoms with Gasteiger partial charge in [-0.25, -0.2) is 0 Å². The Kier molecular flexibility index (Phi) is 8.48. The molecule has 0 aromatic heterocycles. The number of allylic oxidation sites excluding steroid dienone is 3. The lowest BCUT2D eigenvalue weighted by Crippen LogP contribution is -2.41. The summed E-state index contributed by atoms with van der Waals surface area (Å²) < 4.78 is 0. The summed E-state index contributed by atoms with van der Waals surface area (Å²) in [5.41, 5.74) is 3.39. The number of rotatable bonds is 7. The standard InChI is InChI=1S/C35H49NO4/c1-23(19-28-22-35(4,40)33(39)36(28)18-16-25-9-6-5-7-10-25)30-14-15-31-26(11-8-17-34(30,31)3)12-13-27-20-29(37)21-32(38)24(27)2/h5-7,9-10,12-13,23,28-32,37-38,40H,2,8,11,14-22H2,1,3-4H3/b26-12+,27-13-/t23-,28-,29-,30-,31+,32+,34-,35-/m1/s1. The summed E-state index contributed by atoms with van der Waals surface area (Å²) in [6.07, 6.45) is 12.3. The maximum absolute atomic E-state index is 13.2. The molecular weight excluding hydrogens is 498 g/mol. The fourth-order valence-electron chi connectivity index (χ4n) is 8.79. The molecule has 4 fully saturated rings. The van der Waals surface area contributed by atoms with Crippen molar-refractivity contribution in [2.24, 2.45) is 23.2 Å². The van der Waals surface area contributed by atoms with Crippen LogP contribution in [0.1, 0.15) is 84.1 Å². The predicted octanol–water partition coefficient (Wildman–Crippen LogP) is 5.75. The number of fused-ring (bicyclic) bond motifs is 1. The summed E-state index contributed by atoms with van der Waals surface area (Å²) in [6.45, 7) is 11.3. The second-order valence-corrected chi connectivity index (χ2v) is 13.7. The molecule has 5 rings (SSSR count). The van der Waals surface area contributed by atoms with Gasteiger partial charge in [0.25, 0.3) is 5.91 Å². The van der Waals surface area contributed by atoms with Crippen molar-refractivity contribution >= 4 is 5.91 Å². The summed E-state index contributed by atoms with van der Waals surface area (Å²) in [5, 5.41) is 31.4. The van der Waals surface area contributed by atoms with Crippen LogP contribution in [0.4, 0.5) is 0 Å². The van der Waals surface area contributed by atoms with Gasteiger partial charge < -0.3 is 20.2 Å². The van der Waals surface area contributed by atoms with E-state index in [2.05, 4.69) is 44.7 Å². The van der Waals surface area contributed by atoms with E-state index in [0.717, 1.165) is 30.4 Å². The molecular formula is C35H49NO4. The van der Waals surface area contributed by atoms with Gasteiger partial charge in [0.2, 0.25) is 0 Å². The normalized spacial score (nSPS) is 39.2. The number of likely N-dealkylation sites (tertiary alicyclic amines) is 1. The second kappa shape index (κ2) is 11.6. The molecule has 5 heteroatoms. The van der Waals surface area contributed by atoms with E-state index in [1.54, 1.807) is 6.92 Å². The minimum absolute atomic E-state index is 0.0716. The van der Waals surface area contributed by atoms with E-state index in [1.165, 1.54) is 36.8 Å². The number of carbonyl (C=O) groups is 1. The van der Waals surface area contributed by atoms with Gasteiger partial charge in [0.05, 0.1) is 12.2 Å². The number of carbonyl (C=O) groups excluding carboxylic acids is 1. The third-order valence-electron chi connectivity index (χ3n) is 10.9. The highest BCUT2D eigenvalue weighted by molar-refractivity contribution is 5.87. The molecule has 1 heterocycles. The Balaban J connectivity index is 1.28. The van der Waals surface area contributed by atoms with Crippen LogP contribution in [0.5, 0.6) is 0 Å². The SMILES string of the molecule is C=C1/C(=C\C=C2/CCC[C@]3(C)[C@@H]([C@H](C)C[C@@H]4C[C@@](C)(O)C(=O)N4CCc4ccccc4)CC[C@@H]23)C[C@@H](O)C[C@@H]1O. The Labute approximate surface area is 240 Å². The van der Waals surface area contributed by atoms with Crippen molar-refractivity contribution in [1.82, 2.24) is 4.90 Å². The zero-order valence-electron chi connectivity index (χ0n) is 24.7. The van der Waals surface area contributed by atoms with E-state index < -0.39 is 17.8 Å². The third kappa shape index (κ3) is 5.75. The van der Waals surface area contributed by atoms with Crippen LogP contribution in [-0.2, 0) is 11.2 Å². The highest BCUT2D eigenvalue weighted by Gasteiger charge is 2.53. The lowest BCUT2D eigenvalue weighted by Gasteiger charge is -2.45. The first-order valence-electron chi connectivity index (χ1n) is 15.5. The van der Waals surface area contributed by atoms with Crippen LogP contribution in [0.25, 0.3) is 0 Å². The lowest BCUT2D eigenvalue weighted by molar-refractivity contribution is -0.142. The highest BCUT2D eigenvalue weighted by atomic mass is 16.3. The van der Waals surface area contributed by atoms with Crippen LogP contribution in [-0.4, -0.2) is 56.5 Å². The molecule has 0 unspecified atom stereocenters. The zero-order chi connectivity index (χ0) is 28.7. The number of nitrogens with zero attached hydrogens (tertiary/aromatic N) is 1. The van der Waals surface area contributed by atoms with Gasteiger partial charge in [-0.15, -0.1) is 0 Å². The minimum Gasteiger partial charge on any atom is -0.393 e. The summed E-state index contributed by atoms with van der Waals surface area (Å²) in [7, 11) is 0. The molecule has 0 spiro atoms. The Morgan fingerprint density at radius 1 is 1.15 bits per heavy atom. The molecule has 4 aliphatic rings. The summed E-state index contributed by atoms with van der Waals surface area (Å²) >= 11 is 0. The van der Waals surface area contributed by atoms with Crippen LogP contribution in [0.3, 0.4) is 0 Å². The number of aliphatic hydroxyl groups is 3. The molecule has 3 aliphatic carbocycles. The smallest absolute Gasteiger partial charge is 0.254 e. The average Bonchev–Trinajstić information content (AvgIpc) is 3.37. The Morgan fingerprint density at radius 2 is 1.90 bits per heavy atom. The average molecular weight is 548 g/mol. The van der Waals surface area contributed by atoms with Crippen LogP contribution >= 0.6 is 0 Å². The van der Waals surface area contributed by atoms with E-state index >= 15 is 0 Å². The molecule has 0 radical (unpaired) electrons. The van der Waals surface area contributed by atoms with Crippen molar-refractivity contribution in [3.05, 3.63) is 71.3 Å². The molecule has 1 aromatic rings. The molecule has 1 aromatic carbocycles. The summed E-state index contributed by atoms with van der Waals surface area (Å²) in [4.78, 5) is 15.2. The molecule has 1 aliphatic heterocycles. The van der Waals surface area contributed by atoms with Gasteiger partial charge in [-0.2, -0.15) is 0 Å². The van der Waals surface area contributed by atoms with Gasteiger partial charge in [-0.05, 0) is 98.2 Å². The van der Waals surface area contributed by atoms with Crippen molar-refractivity contribution in [2.75, 3.05) is 6.54 Å². The fraction of sp³-hybridized carbons (Fsp3) is 0.629. The van der Waals surface area contributed by atoms with Crippen molar-refractivity contribution in [2.45, 2.75) is 109 Å².